The van der Waals surface area contributed by atoms with Gasteiger partial charge in [-0.2, -0.15) is 0 Å². The molecular formula is C54H32B2O4. The largest absolute Gasteiger partial charge is 0.633 e. The molecule has 278 valence electrons. The first-order valence-corrected chi connectivity index (χ1v) is 20.4. The number of hydrogen-bond donors (Lipinski definition) is 0. The van der Waals surface area contributed by atoms with Gasteiger partial charge in [-0.3, -0.25) is 0 Å². The van der Waals surface area contributed by atoms with Crippen LogP contribution in [0, 0.1) is 0 Å². The minimum Gasteiger partial charge on any atom is -0.519 e. The molecule has 0 saturated heterocycles. The van der Waals surface area contributed by atoms with Crippen molar-refractivity contribution in [1.82, 2.24) is 0 Å². The molecule has 0 atom stereocenters. The second-order valence-corrected chi connectivity index (χ2v) is 15.7. The first-order valence-electron chi connectivity index (χ1n) is 20.4. The fraction of sp³-hybridized carbons (Fsp3) is 0. The third-order valence-corrected chi connectivity index (χ3v) is 12.5. The zero-order chi connectivity index (χ0) is 39.3. The van der Waals surface area contributed by atoms with Crippen LogP contribution >= 0.6 is 0 Å². The summed E-state index contributed by atoms with van der Waals surface area (Å²) >= 11 is 0. The fourth-order valence-corrected chi connectivity index (χ4v) is 9.82. The molecule has 0 bridgehead atoms. The molecule has 0 unspecified atom stereocenters. The lowest BCUT2D eigenvalue weighted by Crippen LogP contribution is -2.39. The lowest BCUT2D eigenvalue weighted by Gasteiger charge is -2.21. The van der Waals surface area contributed by atoms with E-state index in [0.29, 0.717) is 0 Å². The number of hydrogen-bond acceptors (Lipinski definition) is 4. The Labute approximate surface area is 346 Å². The normalized spacial score (nSPS) is 13.1. The Bertz CT molecular complexity index is 3310. The Kier molecular flexibility index (Phi) is 7.16. The van der Waals surface area contributed by atoms with Gasteiger partial charge in [-0.1, -0.05) is 182 Å². The maximum absolute atomic E-state index is 6.64. The van der Waals surface area contributed by atoms with E-state index >= 15 is 0 Å². The van der Waals surface area contributed by atoms with E-state index in [1.807, 2.05) is 24.3 Å². The first kappa shape index (κ1) is 33.3. The second kappa shape index (κ2) is 12.9. The van der Waals surface area contributed by atoms with Crippen molar-refractivity contribution in [3.63, 3.8) is 0 Å². The third-order valence-electron chi connectivity index (χ3n) is 12.5. The topological polar surface area (TPSA) is 36.9 Å². The molecular weight excluding hydrogens is 734 g/mol. The summed E-state index contributed by atoms with van der Waals surface area (Å²) in [6.45, 7) is 0. The molecule has 11 aromatic rings. The minimum atomic E-state index is -0.564. The summed E-state index contributed by atoms with van der Waals surface area (Å²) in [6.07, 6.45) is 0. The number of fused-ring (bicyclic) bond motifs is 10. The van der Waals surface area contributed by atoms with Crippen LogP contribution in [0.3, 0.4) is 0 Å². The van der Waals surface area contributed by atoms with Crippen LogP contribution < -0.4 is 29.5 Å². The summed E-state index contributed by atoms with van der Waals surface area (Å²) in [5.74, 6) is 3.12. The molecule has 0 fully saturated rings. The van der Waals surface area contributed by atoms with Gasteiger partial charge in [0, 0.05) is 21.7 Å². The SMILES string of the molecule is c1ccc2c3c(ccc2c1)OB(c1ccc(-c2c4ccccc4c(-c4ccc(B5Oc6ccc7ccccc7c6O5)c5ccccc45)c4ccccc24)c2ccccc12)O3. The van der Waals surface area contributed by atoms with Crippen molar-refractivity contribution in [2.45, 2.75) is 0 Å². The molecule has 2 aliphatic heterocycles. The molecule has 11 aromatic carbocycles. The Morgan fingerprint density at radius 2 is 0.583 bits per heavy atom. The molecule has 13 rings (SSSR count). The van der Waals surface area contributed by atoms with E-state index in [4.69, 9.17) is 18.6 Å². The van der Waals surface area contributed by atoms with Crippen molar-refractivity contribution in [1.29, 1.82) is 0 Å². The van der Waals surface area contributed by atoms with E-state index in [-0.39, 0.29) is 0 Å². The van der Waals surface area contributed by atoms with Crippen LogP contribution in [0.25, 0.3) is 86.9 Å². The predicted octanol–water partition coefficient (Wildman–Crippen LogP) is 12.3. The molecule has 2 heterocycles. The lowest BCUT2D eigenvalue weighted by molar-refractivity contribution is 0.520. The van der Waals surface area contributed by atoms with E-state index in [1.165, 1.54) is 32.7 Å². The second-order valence-electron chi connectivity index (χ2n) is 15.7. The van der Waals surface area contributed by atoms with Crippen LogP contribution in [-0.4, -0.2) is 14.2 Å². The van der Waals surface area contributed by atoms with Crippen molar-refractivity contribution in [3.8, 4) is 45.3 Å². The van der Waals surface area contributed by atoms with Crippen LogP contribution in [0.5, 0.6) is 23.0 Å². The van der Waals surface area contributed by atoms with E-state index in [2.05, 4.69) is 170 Å². The summed E-state index contributed by atoms with van der Waals surface area (Å²) in [5, 5.41) is 13.6. The standard InChI is InChI=1S/C54H32B2O4/c1-3-15-35-33(13-1)25-31-49-53(35)59-55(57-49)47-29-27-45(37-17-5-7-19-39(37)47)51-41-21-9-11-23-43(41)52(44-24-12-10-22-42(44)51)46-28-30-48(40-20-8-6-18-38(40)46)56-58-50-32-26-34-14-2-4-16-36(34)54(50)60-56/h1-32H. The molecule has 0 N–H and O–H groups in total. The smallest absolute Gasteiger partial charge is 0.519 e. The zero-order valence-corrected chi connectivity index (χ0v) is 32.3. The van der Waals surface area contributed by atoms with Crippen molar-refractivity contribution in [2.24, 2.45) is 0 Å². The molecule has 0 radical (unpaired) electrons. The molecule has 0 aliphatic carbocycles. The quantitative estimate of drug-likeness (QED) is 0.132. The monoisotopic (exact) mass is 766 g/mol. The summed E-state index contributed by atoms with van der Waals surface area (Å²) in [4.78, 5) is 0. The predicted molar refractivity (Wildman–Crippen MR) is 249 cm³/mol. The average molecular weight is 766 g/mol. The van der Waals surface area contributed by atoms with Crippen LogP contribution in [0.1, 0.15) is 0 Å². The minimum absolute atomic E-state index is 0.564. The highest BCUT2D eigenvalue weighted by molar-refractivity contribution is 6.67. The summed E-state index contributed by atoms with van der Waals surface area (Å²) in [7, 11) is -1.13. The number of benzene rings is 11. The van der Waals surface area contributed by atoms with Gasteiger partial charge < -0.3 is 18.6 Å². The van der Waals surface area contributed by atoms with Gasteiger partial charge >= 0.3 is 14.2 Å². The molecule has 0 aromatic heterocycles. The van der Waals surface area contributed by atoms with Gasteiger partial charge in [0.15, 0.2) is 11.5 Å². The third kappa shape index (κ3) is 4.88. The maximum atomic E-state index is 6.64. The Morgan fingerprint density at radius 3 is 0.983 bits per heavy atom. The van der Waals surface area contributed by atoms with Gasteiger partial charge in [0.2, 0.25) is 0 Å². The molecule has 6 heteroatoms. The van der Waals surface area contributed by atoms with E-state index in [0.717, 1.165) is 88.1 Å². The number of rotatable bonds is 4. The van der Waals surface area contributed by atoms with Gasteiger partial charge in [-0.05, 0) is 88.2 Å². The first-order chi connectivity index (χ1) is 29.8. The molecule has 0 spiro atoms. The van der Waals surface area contributed by atoms with Gasteiger partial charge in [-0.15, -0.1) is 0 Å². The molecule has 0 amide bonds. The Balaban J connectivity index is 0.972. The summed E-state index contributed by atoms with van der Waals surface area (Å²) < 4.78 is 26.3. The zero-order valence-electron chi connectivity index (χ0n) is 32.3. The van der Waals surface area contributed by atoms with E-state index < -0.39 is 14.2 Å². The average Bonchev–Trinajstić information content (AvgIpc) is 3.96. The Morgan fingerprint density at radius 1 is 0.250 bits per heavy atom. The molecule has 4 nitrogen and oxygen atoms in total. The van der Waals surface area contributed by atoms with Crippen LogP contribution in [0.2, 0.25) is 0 Å². The van der Waals surface area contributed by atoms with Crippen LogP contribution in [-0.2, 0) is 0 Å². The van der Waals surface area contributed by atoms with Gasteiger partial charge in [-0.25, -0.2) is 0 Å². The molecule has 0 saturated carbocycles. The highest BCUT2D eigenvalue weighted by Gasteiger charge is 2.38. The maximum Gasteiger partial charge on any atom is 0.633 e. The summed E-state index contributed by atoms with van der Waals surface area (Å²) in [6, 6.07) is 68.7. The van der Waals surface area contributed by atoms with Gasteiger partial charge in [0.25, 0.3) is 0 Å². The van der Waals surface area contributed by atoms with Crippen molar-refractivity contribution in [3.05, 3.63) is 194 Å². The van der Waals surface area contributed by atoms with Crippen molar-refractivity contribution < 1.29 is 18.6 Å². The highest BCUT2D eigenvalue weighted by atomic mass is 16.6. The lowest BCUT2D eigenvalue weighted by atomic mass is 9.74. The van der Waals surface area contributed by atoms with Crippen molar-refractivity contribution >= 4 is 89.8 Å². The van der Waals surface area contributed by atoms with E-state index in [9.17, 15) is 0 Å². The van der Waals surface area contributed by atoms with Crippen LogP contribution in [0.15, 0.2) is 194 Å². The molecule has 60 heavy (non-hydrogen) atoms. The van der Waals surface area contributed by atoms with E-state index in [1.54, 1.807) is 0 Å². The molecule has 2 aliphatic rings. The van der Waals surface area contributed by atoms with Crippen LogP contribution in [0.4, 0.5) is 0 Å². The fourth-order valence-electron chi connectivity index (χ4n) is 9.82. The summed E-state index contributed by atoms with van der Waals surface area (Å²) in [5.41, 5.74) is 6.73. The van der Waals surface area contributed by atoms with Gasteiger partial charge in [0.05, 0.1) is 0 Å². The van der Waals surface area contributed by atoms with Crippen molar-refractivity contribution in [2.75, 3.05) is 0 Å². The van der Waals surface area contributed by atoms with Gasteiger partial charge in [0.1, 0.15) is 11.5 Å². The highest BCUT2D eigenvalue weighted by Crippen LogP contribution is 2.47. The Hall–Kier alpha value is -7.69.